The number of hydrogen-bond acceptors (Lipinski definition) is 3. The van der Waals surface area contributed by atoms with E-state index in [2.05, 4.69) is 17.1 Å². The number of likely N-dealkylation sites (N-methyl/N-ethyl adjacent to an activating group) is 1. The first kappa shape index (κ1) is 12.0. The third-order valence-corrected chi connectivity index (χ3v) is 3.08. The average molecular weight is 200 g/mol. The van der Waals surface area contributed by atoms with Gasteiger partial charge in [-0.2, -0.15) is 0 Å². The van der Waals surface area contributed by atoms with E-state index in [4.69, 9.17) is 0 Å². The minimum Gasteiger partial charge on any atom is -0.390 e. The van der Waals surface area contributed by atoms with E-state index in [1.54, 1.807) is 0 Å². The summed E-state index contributed by atoms with van der Waals surface area (Å²) in [5, 5.41) is 12.7. The molecule has 0 radical (unpaired) electrons. The highest BCUT2D eigenvalue weighted by Gasteiger charge is 2.18. The van der Waals surface area contributed by atoms with E-state index in [0.717, 1.165) is 13.1 Å². The molecule has 0 bridgehead atoms. The lowest BCUT2D eigenvalue weighted by molar-refractivity contribution is 0.0934. The van der Waals surface area contributed by atoms with Crippen molar-refractivity contribution in [2.75, 3.05) is 26.7 Å². The number of rotatable bonds is 4. The van der Waals surface area contributed by atoms with Crippen molar-refractivity contribution < 1.29 is 5.11 Å². The number of likely N-dealkylation sites (tertiary alicyclic amines) is 1. The van der Waals surface area contributed by atoms with Gasteiger partial charge in [0.25, 0.3) is 0 Å². The number of aliphatic hydroxyl groups is 1. The van der Waals surface area contributed by atoms with Gasteiger partial charge in [0.05, 0.1) is 6.10 Å². The molecule has 3 heteroatoms. The highest BCUT2D eigenvalue weighted by Crippen LogP contribution is 2.16. The maximum Gasteiger partial charge on any atom is 0.0791 e. The van der Waals surface area contributed by atoms with Crippen LogP contribution in [0.4, 0.5) is 0 Å². The molecular formula is C11H24N2O. The van der Waals surface area contributed by atoms with Crippen LogP contribution in [0.5, 0.6) is 0 Å². The van der Waals surface area contributed by atoms with E-state index in [9.17, 15) is 5.11 Å². The Morgan fingerprint density at radius 2 is 2.21 bits per heavy atom. The third-order valence-electron chi connectivity index (χ3n) is 3.08. The zero-order chi connectivity index (χ0) is 10.4. The fourth-order valence-electron chi connectivity index (χ4n) is 2.18. The van der Waals surface area contributed by atoms with Crippen LogP contribution in [0.25, 0.3) is 0 Å². The first-order valence-electron chi connectivity index (χ1n) is 5.80. The van der Waals surface area contributed by atoms with Crippen molar-refractivity contribution in [3.63, 3.8) is 0 Å². The topological polar surface area (TPSA) is 35.5 Å². The maximum absolute atomic E-state index is 9.71. The second kappa shape index (κ2) is 6.38. The zero-order valence-corrected chi connectivity index (χ0v) is 9.50. The van der Waals surface area contributed by atoms with Crippen LogP contribution in [0, 0.1) is 0 Å². The molecule has 0 aromatic carbocycles. The maximum atomic E-state index is 9.71. The molecule has 0 aromatic rings. The van der Waals surface area contributed by atoms with Gasteiger partial charge in [0, 0.05) is 19.1 Å². The van der Waals surface area contributed by atoms with Crippen LogP contribution in [0.3, 0.4) is 0 Å². The normalized spacial score (nSPS) is 27.2. The molecule has 1 rings (SSSR count). The highest BCUT2D eigenvalue weighted by molar-refractivity contribution is 4.74. The molecule has 1 aliphatic heterocycles. The molecule has 0 spiro atoms. The fourth-order valence-corrected chi connectivity index (χ4v) is 2.18. The summed E-state index contributed by atoms with van der Waals surface area (Å²) >= 11 is 0. The smallest absolute Gasteiger partial charge is 0.0791 e. The largest absolute Gasteiger partial charge is 0.390 e. The molecule has 1 aliphatic rings. The Kier molecular flexibility index (Phi) is 5.45. The Labute approximate surface area is 87.5 Å². The summed E-state index contributed by atoms with van der Waals surface area (Å²) in [6.45, 7) is 4.95. The molecule has 0 amide bonds. The molecule has 1 fully saturated rings. The van der Waals surface area contributed by atoms with E-state index in [1.807, 2.05) is 7.05 Å². The van der Waals surface area contributed by atoms with E-state index in [1.165, 1.54) is 25.7 Å². The van der Waals surface area contributed by atoms with Crippen molar-refractivity contribution in [3.8, 4) is 0 Å². The van der Waals surface area contributed by atoms with Crippen molar-refractivity contribution >= 4 is 0 Å². The van der Waals surface area contributed by atoms with Crippen LogP contribution in [-0.4, -0.2) is 48.8 Å². The van der Waals surface area contributed by atoms with Crippen molar-refractivity contribution in [2.45, 2.75) is 44.8 Å². The van der Waals surface area contributed by atoms with Gasteiger partial charge < -0.3 is 10.4 Å². The lowest BCUT2D eigenvalue weighted by Gasteiger charge is -2.28. The molecule has 1 saturated heterocycles. The second-order valence-electron chi connectivity index (χ2n) is 4.40. The van der Waals surface area contributed by atoms with Crippen LogP contribution < -0.4 is 5.32 Å². The van der Waals surface area contributed by atoms with E-state index in [-0.39, 0.29) is 6.10 Å². The quantitative estimate of drug-likeness (QED) is 0.705. The molecule has 0 saturated carbocycles. The Balaban J connectivity index is 2.32. The number of nitrogens with one attached hydrogen (secondary N) is 1. The van der Waals surface area contributed by atoms with Crippen molar-refractivity contribution in [1.29, 1.82) is 0 Å². The van der Waals surface area contributed by atoms with Crippen LogP contribution in [0.15, 0.2) is 0 Å². The molecule has 2 N–H and O–H groups in total. The van der Waals surface area contributed by atoms with E-state index < -0.39 is 0 Å². The van der Waals surface area contributed by atoms with Crippen molar-refractivity contribution in [3.05, 3.63) is 0 Å². The van der Waals surface area contributed by atoms with Gasteiger partial charge in [0.15, 0.2) is 0 Å². The molecule has 84 valence electrons. The molecule has 14 heavy (non-hydrogen) atoms. The summed E-state index contributed by atoms with van der Waals surface area (Å²) in [5.74, 6) is 0. The van der Waals surface area contributed by atoms with Gasteiger partial charge in [-0.05, 0) is 33.4 Å². The molecule has 2 unspecified atom stereocenters. The fraction of sp³-hybridized carbons (Fsp3) is 1.00. The standard InChI is InChI=1S/C11H24N2O/c1-10-6-4-3-5-7-13(10)9-11(14)8-12-2/h10-12,14H,3-9H2,1-2H3. The van der Waals surface area contributed by atoms with Gasteiger partial charge in [-0.25, -0.2) is 0 Å². The summed E-state index contributed by atoms with van der Waals surface area (Å²) in [5.41, 5.74) is 0. The monoisotopic (exact) mass is 200 g/mol. The number of aliphatic hydroxyl groups excluding tert-OH is 1. The van der Waals surface area contributed by atoms with Gasteiger partial charge >= 0.3 is 0 Å². The summed E-state index contributed by atoms with van der Waals surface area (Å²) in [6.07, 6.45) is 5.05. The third kappa shape index (κ3) is 3.95. The zero-order valence-electron chi connectivity index (χ0n) is 9.50. The predicted octanol–water partition coefficient (Wildman–Crippen LogP) is 0.831. The molecule has 0 aromatic heterocycles. The second-order valence-corrected chi connectivity index (χ2v) is 4.40. The van der Waals surface area contributed by atoms with Crippen molar-refractivity contribution in [2.24, 2.45) is 0 Å². The highest BCUT2D eigenvalue weighted by atomic mass is 16.3. The van der Waals surface area contributed by atoms with Crippen LogP contribution >= 0.6 is 0 Å². The van der Waals surface area contributed by atoms with Gasteiger partial charge in [-0.1, -0.05) is 12.8 Å². The summed E-state index contributed by atoms with van der Waals surface area (Å²) in [4.78, 5) is 2.43. The lowest BCUT2D eigenvalue weighted by Crippen LogP contribution is -2.41. The van der Waals surface area contributed by atoms with Crippen molar-refractivity contribution in [1.82, 2.24) is 10.2 Å². The first-order valence-corrected chi connectivity index (χ1v) is 5.80. The SMILES string of the molecule is CNCC(O)CN1CCCCCC1C. The average Bonchev–Trinajstić information content (AvgIpc) is 2.33. The number of hydrogen-bond donors (Lipinski definition) is 2. The Morgan fingerprint density at radius 1 is 1.43 bits per heavy atom. The predicted molar refractivity (Wildman–Crippen MR) is 59.4 cm³/mol. The van der Waals surface area contributed by atoms with Gasteiger partial charge in [0.1, 0.15) is 0 Å². The van der Waals surface area contributed by atoms with Gasteiger partial charge in [0.2, 0.25) is 0 Å². The van der Waals surface area contributed by atoms with Gasteiger partial charge in [-0.3, -0.25) is 4.90 Å². The van der Waals surface area contributed by atoms with Crippen LogP contribution in [-0.2, 0) is 0 Å². The van der Waals surface area contributed by atoms with E-state index >= 15 is 0 Å². The van der Waals surface area contributed by atoms with E-state index in [0.29, 0.717) is 12.6 Å². The summed E-state index contributed by atoms with van der Waals surface area (Å²) in [7, 11) is 1.88. The van der Waals surface area contributed by atoms with Crippen LogP contribution in [0.1, 0.15) is 32.6 Å². The summed E-state index contributed by atoms with van der Waals surface area (Å²) in [6, 6.07) is 0.643. The number of nitrogens with zero attached hydrogens (tertiary/aromatic N) is 1. The number of β-amino-alcohol motifs (C(OH)–C–C–N with tert-alkyl or cyclic N) is 1. The van der Waals surface area contributed by atoms with Gasteiger partial charge in [-0.15, -0.1) is 0 Å². The minimum atomic E-state index is -0.222. The molecular weight excluding hydrogens is 176 g/mol. The Morgan fingerprint density at radius 3 is 2.93 bits per heavy atom. The molecule has 0 aliphatic carbocycles. The lowest BCUT2D eigenvalue weighted by atomic mass is 10.1. The minimum absolute atomic E-state index is 0.222. The first-order chi connectivity index (χ1) is 6.74. The molecule has 1 heterocycles. The summed E-state index contributed by atoms with van der Waals surface area (Å²) < 4.78 is 0. The Hall–Kier alpha value is -0.120. The van der Waals surface area contributed by atoms with Crippen LogP contribution in [0.2, 0.25) is 0 Å². The molecule has 2 atom stereocenters. The Bertz CT molecular complexity index is 152. The molecule has 3 nitrogen and oxygen atoms in total.